The summed E-state index contributed by atoms with van der Waals surface area (Å²) in [5, 5.41) is 0. The molecule has 8 atom stereocenters. The second-order valence-corrected chi connectivity index (χ2v) is 7.95. The van der Waals surface area contributed by atoms with Crippen molar-refractivity contribution in [2.24, 2.45) is 47.3 Å². The lowest BCUT2D eigenvalue weighted by Gasteiger charge is -2.60. The highest BCUT2D eigenvalue weighted by Crippen LogP contribution is 2.68. The molecule has 0 unspecified atom stereocenters. The second kappa shape index (κ2) is 5.02. The summed E-state index contributed by atoms with van der Waals surface area (Å²) in [7, 11) is 0. The molecule has 4 aliphatic carbocycles. The number of nitrogens with zero attached hydrogens (tertiary/aromatic N) is 2. The fourth-order valence-electron chi connectivity index (χ4n) is 6.34. The number of carbonyl (C=O) groups excluding carboxylic acids is 4. The van der Waals surface area contributed by atoms with E-state index in [9.17, 15) is 19.2 Å². The van der Waals surface area contributed by atoms with Gasteiger partial charge in [-0.05, 0) is 23.7 Å². The van der Waals surface area contributed by atoms with E-state index in [-0.39, 0.29) is 72.2 Å². The van der Waals surface area contributed by atoms with Crippen LogP contribution in [0, 0.1) is 47.3 Å². The fourth-order valence-corrected chi connectivity index (χ4v) is 6.34. The summed E-state index contributed by atoms with van der Waals surface area (Å²) in [5.74, 6) is -2.35. The van der Waals surface area contributed by atoms with Gasteiger partial charge in [0.15, 0.2) is 0 Å². The van der Waals surface area contributed by atoms with Gasteiger partial charge in [0.2, 0.25) is 23.6 Å². The predicted molar refractivity (Wildman–Crippen MR) is 90.9 cm³/mol. The summed E-state index contributed by atoms with van der Waals surface area (Å²) in [5.41, 5.74) is 0. The van der Waals surface area contributed by atoms with Crippen LogP contribution in [-0.4, -0.2) is 46.5 Å². The highest BCUT2D eigenvalue weighted by atomic mass is 16.2. The number of carbonyl (C=O) groups is 4. The van der Waals surface area contributed by atoms with E-state index in [1.165, 1.54) is 9.80 Å². The number of imide groups is 2. The van der Waals surface area contributed by atoms with Gasteiger partial charge in [0, 0.05) is 13.1 Å². The number of amides is 4. The standard InChI is InChI=1S/C20H20N2O4/c1-3-7-21-17(23)13-9-5-6-10(14(13)18(21)24)12-11(9)15-16(12)20(26)22(8-4-2)19(15)25/h3-6,9-16H,1-2,7-8H2/t9-,10+,11-,12-,13+,14-,15+,16-/m0/s1. The van der Waals surface area contributed by atoms with E-state index >= 15 is 0 Å². The molecule has 0 N–H and O–H groups in total. The van der Waals surface area contributed by atoms with Crippen LogP contribution in [0.15, 0.2) is 37.5 Å². The van der Waals surface area contributed by atoms with Crippen LogP contribution in [0.25, 0.3) is 0 Å². The van der Waals surface area contributed by atoms with Crippen LogP contribution in [0.1, 0.15) is 0 Å². The Morgan fingerprint density at radius 2 is 1.04 bits per heavy atom. The van der Waals surface area contributed by atoms with Gasteiger partial charge in [-0.1, -0.05) is 24.3 Å². The van der Waals surface area contributed by atoms with Crippen LogP contribution in [0.5, 0.6) is 0 Å². The Hall–Kier alpha value is -2.50. The molecule has 2 saturated carbocycles. The lowest BCUT2D eigenvalue weighted by molar-refractivity contribution is -0.166. The van der Waals surface area contributed by atoms with Gasteiger partial charge in [-0.15, -0.1) is 13.2 Å². The van der Waals surface area contributed by atoms with Gasteiger partial charge in [0.1, 0.15) is 0 Å². The van der Waals surface area contributed by atoms with Crippen molar-refractivity contribution in [3.63, 3.8) is 0 Å². The molecule has 0 aromatic carbocycles. The Kier molecular flexibility index (Phi) is 3.04. The summed E-state index contributed by atoms with van der Waals surface area (Å²) < 4.78 is 0. The topological polar surface area (TPSA) is 74.8 Å². The molecule has 0 spiro atoms. The third-order valence-electron chi connectivity index (χ3n) is 7.15. The average Bonchev–Trinajstić information content (AvgIpc) is 2.97. The van der Waals surface area contributed by atoms with Crippen molar-refractivity contribution >= 4 is 23.6 Å². The number of hydrogen-bond acceptors (Lipinski definition) is 4. The molecule has 0 aromatic heterocycles. The molecule has 2 aliphatic heterocycles. The van der Waals surface area contributed by atoms with Crippen LogP contribution in [0.3, 0.4) is 0 Å². The minimum Gasteiger partial charge on any atom is -0.278 e. The molecule has 6 aliphatic rings. The van der Waals surface area contributed by atoms with E-state index in [1.807, 2.05) is 12.2 Å². The Bertz CT molecular complexity index is 759. The molecule has 26 heavy (non-hydrogen) atoms. The zero-order valence-corrected chi connectivity index (χ0v) is 14.3. The van der Waals surface area contributed by atoms with Crippen molar-refractivity contribution in [2.45, 2.75) is 0 Å². The van der Waals surface area contributed by atoms with Gasteiger partial charge >= 0.3 is 0 Å². The van der Waals surface area contributed by atoms with E-state index < -0.39 is 11.8 Å². The molecule has 0 aromatic rings. The largest absolute Gasteiger partial charge is 0.278 e. The maximum Gasteiger partial charge on any atom is 0.234 e. The Morgan fingerprint density at radius 3 is 1.38 bits per heavy atom. The normalized spacial score (nSPS) is 44.8. The zero-order chi connectivity index (χ0) is 18.3. The molecule has 134 valence electrons. The predicted octanol–water partition coefficient (Wildman–Crippen LogP) is 0.623. The van der Waals surface area contributed by atoms with Gasteiger partial charge in [-0.3, -0.25) is 29.0 Å². The maximum atomic E-state index is 12.9. The van der Waals surface area contributed by atoms with Crippen LogP contribution in [0.4, 0.5) is 0 Å². The van der Waals surface area contributed by atoms with Crippen LogP contribution in [0.2, 0.25) is 0 Å². The molecule has 2 bridgehead atoms. The number of fused-ring (bicyclic) bond motifs is 1. The van der Waals surface area contributed by atoms with Crippen molar-refractivity contribution < 1.29 is 19.2 Å². The first-order valence-electron chi connectivity index (χ1n) is 9.13. The molecule has 6 rings (SSSR count). The molecule has 0 radical (unpaired) electrons. The fraction of sp³-hybridized carbons (Fsp3) is 0.500. The number of hydrogen-bond donors (Lipinski definition) is 0. The summed E-state index contributed by atoms with van der Waals surface area (Å²) >= 11 is 0. The Morgan fingerprint density at radius 1 is 0.692 bits per heavy atom. The Balaban J connectivity index is 1.53. The molecule has 4 amide bonds. The summed E-state index contributed by atoms with van der Waals surface area (Å²) in [6.07, 6.45) is 7.15. The lowest BCUT2D eigenvalue weighted by Crippen LogP contribution is -2.63. The molecule has 6 nitrogen and oxygen atoms in total. The smallest absolute Gasteiger partial charge is 0.234 e. The Labute approximate surface area is 151 Å². The van der Waals surface area contributed by atoms with E-state index in [0.29, 0.717) is 0 Å². The van der Waals surface area contributed by atoms with Crippen molar-refractivity contribution in [1.82, 2.24) is 9.80 Å². The van der Waals surface area contributed by atoms with Crippen molar-refractivity contribution in [3.8, 4) is 0 Å². The van der Waals surface area contributed by atoms with E-state index in [4.69, 9.17) is 0 Å². The molecular formula is C20H20N2O4. The van der Waals surface area contributed by atoms with E-state index in [0.717, 1.165) is 0 Å². The molecular weight excluding hydrogens is 332 g/mol. The quantitative estimate of drug-likeness (QED) is 0.549. The minimum absolute atomic E-state index is 0.0112. The first-order valence-corrected chi connectivity index (χ1v) is 9.13. The lowest BCUT2D eigenvalue weighted by atomic mass is 9.40. The molecule has 6 heteroatoms. The van der Waals surface area contributed by atoms with Crippen LogP contribution < -0.4 is 0 Å². The number of rotatable bonds is 4. The van der Waals surface area contributed by atoms with Crippen LogP contribution in [-0.2, 0) is 19.2 Å². The molecule has 2 heterocycles. The summed E-state index contributed by atoms with van der Waals surface area (Å²) in [6.45, 7) is 7.71. The zero-order valence-electron chi connectivity index (χ0n) is 14.3. The monoisotopic (exact) mass is 352 g/mol. The van der Waals surface area contributed by atoms with Gasteiger partial charge in [-0.25, -0.2) is 0 Å². The van der Waals surface area contributed by atoms with Crippen LogP contribution >= 0.6 is 0 Å². The summed E-state index contributed by atoms with van der Waals surface area (Å²) in [4.78, 5) is 53.8. The van der Waals surface area contributed by atoms with Gasteiger partial charge in [-0.2, -0.15) is 0 Å². The maximum absolute atomic E-state index is 12.9. The third kappa shape index (κ3) is 1.54. The van der Waals surface area contributed by atoms with Gasteiger partial charge < -0.3 is 0 Å². The van der Waals surface area contributed by atoms with Gasteiger partial charge in [0.05, 0.1) is 23.7 Å². The molecule has 2 saturated heterocycles. The summed E-state index contributed by atoms with van der Waals surface area (Å²) in [6, 6.07) is 0. The number of likely N-dealkylation sites (tertiary alicyclic amines) is 2. The van der Waals surface area contributed by atoms with E-state index in [1.54, 1.807) is 12.2 Å². The van der Waals surface area contributed by atoms with Gasteiger partial charge in [0.25, 0.3) is 0 Å². The van der Waals surface area contributed by atoms with E-state index in [2.05, 4.69) is 13.2 Å². The van der Waals surface area contributed by atoms with Crippen molar-refractivity contribution in [1.29, 1.82) is 0 Å². The molecule has 4 fully saturated rings. The first-order chi connectivity index (χ1) is 12.5. The second-order valence-electron chi connectivity index (χ2n) is 7.95. The van der Waals surface area contributed by atoms with Crippen molar-refractivity contribution in [3.05, 3.63) is 37.5 Å². The third-order valence-corrected chi connectivity index (χ3v) is 7.15. The highest BCUT2D eigenvalue weighted by Gasteiger charge is 2.74. The number of allylic oxidation sites excluding steroid dienone is 2. The SMILES string of the molecule is C=CCN1C(=O)[C@@H]2[C@H]3C=C[C@@H]([C@@H]2C1=O)[C@@H]1[C@@H]2C(=O)N(CC=C)C(=O)[C@@H]2[C@@H]31. The van der Waals surface area contributed by atoms with Crippen molar-refractivity contribution in [2.75, 3.05) is 13.1 Å². The average molecular weight is 352 g/mol. The minimum atomic E-state index is -0.393. The highest BCUT2D eigenvalue weighted by molar-refractivity contribution is 6.09. The first kappa shape index (κ1) is 15.7.